The molecule has 1 aromatic heterocycles. The summed E-state index contributed by atoms with van der Waals surface area (Å²) >= 11 is 0. The molecule has 0 bridgehead atoms. The van der Waals surface area contributed by atoms with Gasteiger partial charge in [-0.1, -0.05) is 188 Å². The highest BCUT2D eigenvalue weighted by molar-refractivity contribution is 6.19. The lowest BCUT2D eigenvalue weighted by atomic mass is 9.88. The number of hydrogen-bond acceptors (Lipinski definition) is 4. The van der Waals surface area contributed by atoms with Crippen molar-refractivity contribution >= 4 is 21.5 Å². The molecule has 0 N–H and O–H groups in total. The van der Waals surface area contributed by atoms with E-state index in [1.807, 2.05) is 54.6 Å². The van der Waals surface area contributed by atoms with Crippen molar-refractivity contribution in [3.63, 3.8) is 0 Å². The first-order valence-electron chi connectivity index (χ1n) is 21.5. The minimum absolute atomic E-state index is 0.584. The number of hydrogen-bond donors (Lipinski definition) is 0. The van der Waals surface area contributed by atoms with Gasteiger partial charge >= 0.3 is 0 Å². The van der Waals surface area contributed by atoms with Crippen LogP contribution in [0.4, 0.5) is 0 Å². The molecule has 12 rings (SSSR count). The molecule has 0 unspecified atom stereocenters. The summed E-state index contributed by atoms with van der Waals surface area (Å²) in [7, 11) is 0. The summed E-state index contributed by atoms with van der Waals surface area (Å²) < 4.78 is 0. The van der Waals surface area contributed by atoms with Gasteiger partial charge in [0, 0.05) is 22.3 Å². The highest BCUT2D eigenvalue weighted by Gasteiger charge is 2.24. The average Bonchev–Trinajstić information content (AvgIpc) is 3.71. The maximum Gasteiger partial charge on any atom is 0.164 e. The molecule has 0 saturated carbocycles. The molecule has 1 heterocycles. The molecular weight excluding hydrogens is 777 g/mol. The first kappa shape index (κ1) is 37.0. The summed E-state index contributed by atoms with van der Waals surface area (Å²) in [4.78, 5) is 15.1. The molecule has 0 aliphatic heterocycles. The Hall–Kier alpha value is -8.78. The van der Waals surface area contributed by atoms with E-state index < -0.39 is 0 Å². The Kier molecular flexibility index (Phi) is 8.84. The monoisotopic (exact) mass is 812 g/mol. The minimum atomic E-state index is 0.584. The van der Waals surface area contributed by atoms with Crippen molar-refractivity contribution in [1.29, 1.82) is 5.26 Å². The summed E-state index contributed by atoms with van der Waals surface area (Å²) in [5, 5.41) is 15.4. The van der Waals surface area contributed by atoms with Crippen LogP contribution in [0.15, 0.2) is 218 Å². The fourth-order valence-electron chi connectivity index (χ4n) is 9.44. The van der Waals surface area contributed by atoms with E-state index in [4.69, 9.17) is 15.0 Å². The molecule has 0 radical (unpaired) electrons. The third-order valence-electron chi connectivity index (χ3n) is 12.5. The van der Waals surface area contributed by atoms with Crippen LogP contribution in [0.25, 0.3) is 122 Å². The molecule has 4 nitrogen and oxygen atoms in total. The maximum atomic E-state index is 10.5. The minimum Gasteiger partial charge on any atom is -0.208 e. The largest absolute Gasteiger partial charge is 0.208 e. The Labute approximate surface area is 371 Å². The van der Waals surface area contributed by atoms with Gasteiger partial charge < -0.3 is 0 Å². The zero-order chi connectivity index (χ0) is 42.6. The van der Waals surface area contributed by atoms with Crippen LogP contribution < -0.4 is 0 Å². The van der Waals surface area contributed by atoms with Crippen molar-refractivity contribution in [3.05, 3.63) is 224 Å². The summed E-state index contributed by atoms with van der Waals surface area (Å²) in [5.41, 5.74) is 16.8. The quantitative estimate of drug-likeness (QED) is 0.161. The lowest BCUT2D eigenvalue weighted by molar-refractivity contribution is 1.07. The summed E-state index contributed by atoms with van der Waals surface area (Å²) in [6, 6.07) is 78.7. The van der Waals surface area contributed by atoms with Crippen LogP contribution in [0, 0.1) is 11.3 Å². The van der Waals surface area contributed by atoms with E-state index in [2.05, 4.69) is 170 Å². The van der Waals surface area contributed by atoms with Crippen molar-refractivity contribution in [2.45, 2.75) is 0 Å². The van der Waals surface area contributed by atoms with Crippen LogP contribution in [-0.4, -0.2) is 15.0 Å². The van der Waals surface area contributed by atoms with Gasteiger partial charge in [0.25, 0.3) is 0 Å². The van der Waals surface area contributed by atoms with Gasteiger partial charge in [0.05, 0.1) is 11.6 Å². The summed E-state index contributed by atoms with van der Waals surface area (Å²) in [6.07, 6.45) is 0. The lowest BCUT2D eigenvalue weighted by Gasteiger charge is -2.15. The molecule has 0 spiro atoms. The Balaban J connectivity index is 0.946. The fraction of sp³-hybridized carbons (Fsp3) is 0. The topological polar surface area (TPSA) is 62.5 Å². The second kappa shape index (κ2) is 15.3. The normalized spacial score (nSPS) is 11.4. The smallest absolute Gasteiger partial charge is 0.164 e. The summed E-state index contributed by atoms with van der Waals surface area (Å²) in [6.45, 7) is 0. The zero-order valence-electron chi connectivity index (χ0n) is 34.6. The number of rotatable bonds is 7. The average molecular weight is 813 g/mol. The van der Waals surface area contributed by atoms with Crippen LogP contribution in [0.2, 0.25) is 0 Å². The number of nitriles is 1. The van der Waals surface area contributed by atoms with E-state index in [0.29, 0.717) is 23.0 Å². The highest BCUT2D eigenvalue weighted by atomic mass is 15.0. The molecule has 1 aliphatic rings. The second-order valence-corrected chi connectivity index (χ2v) is 16.3. The molecule has 296 valence electrons. The molecule has 0 fully saturated rings. The van der Waals surface area contributed by atoms with E-state index in [9.17, 15) is 5.26 Å². The van der Waals surface area contributed by atoms with Gasteiger partial charge in [0.1, 0.15) is 0 Å². The van der Waals surface area contributed by atoms with E-state index in [0.717, 1.165) is 66.4 Å². The highest BCUT2D eigenvalue weighted by Crippen LogP contribution is 2.51. The van der Waals surface area contributed by atoms with Gasteiger partial charge in [-0.25, -0.2) is 15.0 Å². The van der Waals surface area contributed by atoms with Crippen LogP contribution in [0.5, 0.6) is 0 Å². The SMILES string of the molecule is N#Cc1ccc(-c2cccc(-c3ccc4cccc5c4c3-c3ccccc3-5)c2)cc1-c1ccccc1-c1cccc(-c2nc(-c3ccccc3)nc(-c3ccc4ccccc4c3)n2)c1. The van der Waals surface area contributed by atoms with E-state index in [-0.39, 0.29) is 0 Å². The van der Waals surface area contributed by atoms with Gasteiger partial charge in [-0.05, 0) is 113 Å². The molecule has 64 heavy (non-hydrogen) atoms. The Morgan fingerprint density at radius 3 is 1.56 bits per heavy atom. The van der Waals surface area contributed by atoms with Crippen molar-refractivity contribution in [2.24, 2.45) is 0 Å². The van der Waals surface area contributed by atoms with E-state index in [1.54, 1.807) is 0 Å². The molecule has 10 aromatic carbocycles. The van der Waals surface area contributed by atoms with Gasteiger partial charge in [0.2, 0.25) is 0 Å². The second-order valence-electron chi connectivity index (χ2n) is 16.3. The number of benzene rings is 10. The standard InChI is InChI=1S/C60H36N4/c61-37-48-30-28-43(42-18-10-20-45(33-42)50-32-31-39-17-12-26-53-52-24-8-9-25-54(52)57(50)56(39)53)36-55(48)51-23-7-6-22-49(51)44-19-11-21-46(35-44)59-62-58(40-14-2-1-3-15-40)63-60(64-59)47-29-27-38-13-4-5-16-41(38)34-47/h1-36H. The molecule has 11 aromatic rings. The maximum absolute atomic E-state index is 10.5. The number of fused-ring (bicyclic) bond motifs is 4. The van der Waals surface area contributed by atoms with E-state index in [1.165, 1.54) is 38.6 Å². The van der Waals surface area contributed by atoms with Crippen molar-refractivity contribution in [1.82, 2.24) is 15.0 Å². The zero-order valence-corrected chi connectivity index (χ0v) is 34.6. The van der Waals surface area contributed by atoms with Crippen molar-refractivity contribution in [3.8, 4) is 107 Å². The molecule has 4 heteroatoms. The van der Waals surface area contributed by atoms with Crippen LogP contribution >= 0.6 is 0 Å². The van der Waals surface area contributed by atoms with Gasteiger partial charge in [-0.3, -0.25) is 0 Å². The van der Waals surface area contributed by atoms with Crippen LogP contribution in [0.3, 0.4) is 0 Å². The van der Waals surface area contributed by atoms with Crippen molar-refractivity contribution < 1.29 is 0 Å². The van der Waals surface area contributed by atoms with Gasteiger partial charge in [-0.15, -0.1) is 0 Å². The predicted octanol–water partition coefficient (Wildman–Crippen LogP) is 15.4. The molecule has 0 amide bonds. The molecule has 1 aliphatic carbocycles. The molecule has 0 atom stereocenters. The van der Waals surface area contributed by atoms with Gasteiger partial charge in [-0.2, -0.15) is 5.26 Å². The lowest BCUT2D eigenvalue weighted by Crippen LogP contribution is -2.00. The Morgan fingerprint density at radius 1 is 0.281 bits per heavy atom. The van der Waals surface area contributed by atoms with Crippen LogP contribution in [-0.2, 0) is 0 Å². The Morgan fingerprint density at radius 2 is 0.781 bits per heavy atom. The Bertz CT molecular complexity index is 3690. The summed E-state index contributed by atoms with van der Waals surface area (Å²) in [5.74, 6) is 1.80. The first-order chi connectivity index (χ1) is 31.7. The van der Waals surface area contributed by atoms with Gasteiger partial charge in [0.15, 0.2) is 17.5 Å². The third-order valence-corrected chi connectivity index (χ3v) is 12.5. The first-order valence-corrected chi connectivity index (χ1v) is 21.5. The number of aromatic nitrogens is 3. The molecule has 0 saturated heterocycles. The van der Waals surface area contributed by atoms with Crippen molar-refractivity contribution in [2.75, 3.05) is 0 Å². The molecular formula is C60H36N4. The van der Waals surface area contributed by atoms with E-state index >= 15 is 0 Å². The fourth-order valence-corrected chi connectivity index (χ4v) is 9.44. The third kappa shape index (κ3) is 6.35. The number of nitrogens with zero attached hydrogens (tertiary/aromatic N) is 4. The van der Waals surface area contributed by atoms with Crippen LogP contribution in [0.1, 0.15) is 5.56 Å². The predicted molar refractivity (Wildman–Crippen MR) is 262 cm³/mol.